The van der Waals surface area contributed by atoms with Crippen molar-refractivity contribution in [2.75, 3.05) is 17.6 Å². The molecule has 2 rings (SSSR count). The predicted molar refractivity (Wildman–Crippen MR) is 62.8 cm³/mol. The van der Waals surface area contributed by atoms with Crippen LogP contribution in [-0.2, 0) is 0 Å². The molecule has 1 aliphatic heterocycles. The lowest BCUT2D eigenvalue weighted by molar-refractivity contribution is 0.622. The Labute approximate surface area is 93.4 Å². The molecular weight excluding hydrogens is 211 g/mol. The Morgan fingerprint density at radius 1 is 1.53 bits per heavy atom. The number of nitrogens with one attached hydrogen (secondary N) is 1. The average molecular weight is 226 g/mol. The second-order valence-corrected chi connectivity index (χ2v) is 4.79. The standard InChI is InChI=1S/C11H15FN2S/c12-8-3-4-10-11(6-8)15-7-9(14-10)2-1-5-13/h3-4,6,9,14H,1-2,5,7,13H2. The van der Waals surface area contributed by atoms with E-state index in [-0.39, 0.29) is 5.82 Å². The van der Waals surface area contributed by atoms with Crippen molar-refractivity contribution in [1.82, 2.24) is 0 Å². The minimum absolute atomic E-state index is 0.163. The van der Waals surface area contributed by atoms with Crippen molar-refractivity contribution in [2.24, 2.45) is 5.73 Å². The molecule has 0 bridgehead atoms. The summed E-state index contributed by atoms with van der Waals surface area (Å²) in [6, 6.07) is 5.37. The van der Waals surface area contributed by atoms with Crippen molar-refractivity contribution in [3.05, 3.63) is 24.0 Å². The van der Waals surface area contributed by atoms with Crippen LogP contribution in [0.25, 0.3) is 0 Å². The molecule has 82 valence electrons. The molecule has 1 unspecified atom stereocenters. The van der Waals surface area contributed by atoms with Crippen molar-refractivity contribution in [2.45, 2.75) is 23.8 Å². The maximum Gasteiger partial charge on any atom is 0.124 e. The molecule has 0 spiro atoms. The average Bonchev–Trinajstić information content (AvgIpc) is 2.26. The van der Waals surface area contributed by atoms with Gasteiger partial charge in [-0.25, -0.2) is 4.39 Å². The number of hydrogen-bond donors (Lipinski definition) is 2. The van der Waals surface area contributed by atoms with Gasteiger partial charge >= 0.3 is 0 Å². The minimum atomic E-state index is -0.163. The SMILES string of the molecule is NCCCC1CSc2cc(F)ccc2N1. The summed E-state index contributed by atoms with van der Waals surface area (Å²) in [6.45, 7) is 0.735. The van der Waals surface area contributed by atoms with Crippen LogP contribution in [0, 0.1) is 5.82 Å². The zero-order valence-corrected chi connectivity index (χ0v) is 9.32. The van der Waals surface area contributed by atoms with E-state index in [0.717, 1.165) is 35.7 Å². The van der Waals surface area contributed by atoms with Crippen LogP contribution in [0.3, 0.4) is 0 Å². The summed E-state index contributed by atoms with van der Waals surface area (Å²) in [5.74, 6) is 0.833. The highest BCUT2D eigenvalue weighted by molar-refractivity contribution is 7.99. The summed E-state index contributed by atoms with van der Waals surface area (Å²) in [5, 5.41) is 3.42. The van der Waals surface area contributed by atoms with E-state index in [0.29, 0.717) is 6.04 Å². The Morgan fingerprint density at radius 2 is 2.40 bits per heavy atom. The summed E-state index contributed by atoms with van der Waals surface area (Å²) in [6.07, 6.45) is 2.12. The van der Waals surface area contributed by atoms with E-state index in [2.05, 4.69) is 5.32 Å². The van der Waals surface area contributed by atoms with Gasteiger partial charge in [0.15, 0.2) is 0 Å². The number of nitrogens with two attached hydrogens (primary N) is 1. The second kappa shape index (κ2) is 4.86. The Balaban J connectivity index is 2.03. The van der Waals surface area contributed by atoms with Gasteiger partial charge in [-0.1, -0.05) is 0 Å². The Bertz CT molecular complexity index is 343. The van der Waals surface area contributed by atoms with E-state index < -0.39 is 0 Å². The lowest BCUT2D eigenvalue weighted by Crippen LogP contribution is -2.26. The molecule has 0 aromatic heterocycles. The Kier molecular flexibility index (Phi) is 3.49. The third-order valence-corrected chi connectivity index (χ3v) is 3.72. The van der Waals surface area contributed by atoms with Crippen LogP contribution in [0.4, 0.5) is 10.1 Å². The second-order valence-electron chi connectivity index (χ2n) is 3.72. The maximum absolute atomic E-state index is 12.9. The Morgan fingerprint density at radius 3 is 3.20 bits per heavy atom. The molecule has 1 atom stereocenters. The topological polar surface area (TPSA) is 38.0 Å². The van der Waals surface area contributed by atoms with E-state index >= 15 is 0 Å². The third-order valence-electron chi connectivity index (χ3n) is 2.50. The highest BCUT2D eigenvalue weighted by Gasteiger charge is 2.17. The zero-order chi connectivity index (χ0) is 10.7. The van der Waals surface area contributed by atoms with Gasteiger partial charge in [-0.2, -0.15) is 0 Å². The quantitative estimate of drug-likeness (QED) is 0.831. The first-order chi connectivity index (χ1) is 7.29. The number of fused-ring (bicyclic) bond motifs is 1. The minimum Gasteiger partial charge on any atom is -0.381 e. The van der Waals surface area contributed by atoms with Crippen LogP contribution < -0.4 is 11.1 Å². The number of rotatable bonds is 3. The Hall–Kier alpha value is -0.740. The number of halogens is 1. The molecule has 0 radical (unpaired) electrons. The molecule has 0 saturated heterocycles. The first-order valence-corrected chi connectivity index (χ1v) is 6.17. The molecule has 0 saturated carbocycles. The molecule has 1 aliphatic rings. The van der Waals surface area contributed by atoms with Gasteiger partial charge in [-0.3, -0.25) is 0 Å². The smallest absolute Gasteiger partial charge is 0.124 e. The first kappa shape index (κ1) is 10.8. The van der Waals surface area contributed by atoms with Crippen LogP contribution in [0.15, 0.2) is 23.1 Å². The van der Waals surface area contributed by atoms with Crippen LogP contribution >= 0.6 is 11.8 Å². The molecule has 15 heavy (non-hydrogen) atoms. The maximum atomic E-state index is 12.9. The summed E-state index contributed by atoms with van der Waals surface area (Å²) < 4.78 is 12.9. The van der Waals surface area contributed by atoms with Crippen molar-refractivity contribution in [3.8, 4) is 0 Å². The van der Waals surface area contributed by atoms with Crippen molar-refractivity contribution in [1.29, 1.82) is 0 Å². The summed E-state index contributed by atoms with van der Waals surface area (Å²) >= 11 is 1.72. The summed E-state index contributed by atoms with van der Waals surface area (Å²) in [4.78, 5) is 1.01. The van der Waals surface area contributed by atoms with Crippen LogP contribution in [0.5, 0.6) is 0 Å². The molecule has 0 fully saturated rings. The molecule has 1 aromatic carbocycles. The van der Waals surface area contributed by atoms with Gasteiger partial charge in [-0.15, -0.1) is 11.8 Å². The van der Waals surface area contributed by atoms with E-state index in [1.165, 1.54) is 6.07 Å². The molecule has 2 nitrogen and oxygen atoms in total. The lowest BCUT2D eigenvalue weighted by Gasteiger charge is -2.26. The van der Waals surface area contributed by atoms with Gasteiger partial charge in [0, 0.05) is 22.4 Å². The lowest BCUT2D eigenvalue weighted by atomic mass is 10.1. The largest absolute Gasteiger partial charge is 0.381 e. The molecule has 4 heteroatoms. The third kappa shape index (κ3) is 2.63. The molecular formula is C11H15FN2S. The van der Waals surface area contributed by atoms with Gasteiger partial charge < -0.3 is 11.1 Å². The number of thioether (sulfide) groups is 1. The van der Waals surface area contributed by atoms with Crippen LogP contribution in [0.2, 0.25) is 0 Å². The van der Waals surface area contributed by atoms with Gasteiger partial charge in [0.25, 0.3) is 0 Å². The molecule has 0 aliphatic carbocycles. The van der Waals surface area contributed by atoms with Crippen LogP contribution in [-0.4, -0.2) is 18.3 Å². The fourth-order valence-corrected chi connectivity index (χ4v) is 2.82. The van der Waals surface area contributed by atoms with E-state index in [4.69, 9.17) is 5.73 Å². The highest BCUT2D eigenvalue weighted by Crippen LogP contribution is 2.34. The molecule has 0 amide bonds. The van der Waals surface area contributed by atoms with Crippen molar-refractivity contribution < 1.29 is 4.39 Å². The number of anilines is 1. The summed E-state index contributed by atoms with van der Waals surface area (Å²) in [5.41, 5.74) is 6.53. The van der Waals surface area contributed by atoms with E-state index in [9.17, 15) is 4.39 Å². The van der Waals surface area contributed by atoms with Gasteiger partial charge in [0.1, 0.15) is 5.82 Å². The van der Waals surface area contributed by atoms with Gasteiger partial charge in [0.05, 0.1) is 0 Å². The molecule has 1 heterocycles. The van der Waals surface area contributed by atoms with E-state index in [1.54, 1.807) is 17.8 Å². The fourth-order valence-electron chi connectivity index (χ4n) is 1.71. The van der Waals surface area contributed by atoms with Gasteiger partial charge in [-0.05, 0) is 37.6 Å². The number of hydrogen-bond acceptors (Lipinski definition) is 3. The fraction of sp³-hybridized carbons (Fsp3) is 0.455. The monoisotopic (exact) mass is 226 g/mol. The normalized spacial score (nSPS) is 19.5. The van der Waals surface area contributed by atoms with E-state index in [1.807, 2.05) is 6.07 Å². The first-order valence-electron chi connectivity index (χ1n) is 5.18. The van der Waals surface area contributed by atoms with Crippen molar-refractivity contribution in [3.63, 3.8) is 0 Å². The van der Waals surface area contributed by atoms with Gasteiger partial charge in [0.2, 0.25) is 0 Å². The van der Waals surface area contributed by atoms with Crippen LogP contribution in [0.1, 0.15) is 12.8 Å². The zero-order valence-electron chi connectivity index (χ0n) is 8.50. The summed E-state index contributed by atoms with van der Waals surface area (Å²) in [7, 11) is 0. The highest BCUT2D eigenvalue weighted by atomic mass is 32.2. The molecule has 3 N–H and O–H groups in total. The number of benzene rings is 1. The van der Waals surface area contributed by atoms with Crippen molar-refractivity contribution >= 4 is 17.4 Å². The molecule has 1 aromatic rings. The predicted octanol–water partition coefficient (Wildman–Crippen LogP) is 2.45.